The van der Waals surface area contributed by atoms with Crippen LogP contribution in [0, 0.1) is 0 Å². The molecule has 0 aliphatic carbocycles. The summed E-state index contributed by atoms with van der Waals surface area (Å²) in [5, 5.41) is 6.19. The molecule has 134 valence electrons. The second-order valence-corrected chi connectivity index (χ2v) is 12.2. The summed E-state index contributed by atoms with van der Waals surface area (Å²) < 4.78 is 6.36. The number of hydrogen-bond acceptors (Lipinski definition) is 2. The molecule has 1 spiro atoms. The van der Waals surface area contributed by atoms with E-state index in [1.165, 1.54) is 30.5 Å². The first-order valence-corrected chi connectivity index (χ1v) is 12.4. The minimum Gasteiger partial charge on any atom is -0.458 e. The van der Waals surface area contributed by atoms with Crippen molar-refractivity contribution < 1.29 is 4.74 Å². The zero-order valence-electron chi connectivity index (χ0n) is 14.9. The van der Waals surface area contributed by atoms with E-state index in [0.717, 1.165) is 16.5 Å². The number of para-hydroxylation sites is 2. The molecule has 0 saturated carbocycles. The lowest BCUT2D eigenvalue weighted by atomic mass is 10.3. The predicted octanol–water partition coefficient (Wildman–Crippen LogP) is 4.29. The lowest BCUT2D eigenvalue weighted by Crippen LogP contribution is -2.77. The van der Waals surface area contributed by atoms with Gasteiger partial charge in [0.15, 0.2) is 8.07 Å². The smallest absolute Gasteiger partial charge is 0.190 e. The summed E-state index contributed by atoms with van der Waals surface area (Å²) >= 11 is 8.52. The minimum atomic E-state index is -2.51. The lowest BCUT2D eigenvalue weighted by Gasteiger charge is -2.43. The maximum atomic E-state index is 6.74. The zero-order valence-corrected chi connectivity index (χ0v) is 17.4. The van der Waals surface area contributed by atoms with Crippen molar-refractivity contribution in [3.63, 3.8) is 0 Å². The Bertz CT molecular complexity index is 1190. The van der Waals surface area contributed by atoms with E-state index < -0.39 is 8.07 Å². The van der Waals surface area contributed by atoms with Crippen molar-refractivity contribution in [3.8, 4) is 11.5 Å². The number of rotatable bonds is 0. The molecule has 0 fully saturated rings. The third kappa shape index (κ3) is 2.04. The van der Waals surface area contributed by atoms with Crippen LogP contribution in [0.2, 0.25) is 5.02 Å². The molecule has 0 N–H and O–H groups in total. The highest BCUT2D eigenvalue weighted by atomic mass is 35.5. The van der Waals surface area contributed by atoms with Crippen LogP contribution in [0.4, 0.5) is 0 Å². The molecule has 4 aromatic carbocycles. The Labute approximate surface area is 174 Å². The number of halogens is 1. The van der Waals surface area contributed by atoms with Gasteiger partial charge in [-0.25, -0.2) is 0 Å². The summed E-state index contributed by atoms with van der Waals surface area (Å²) in [5.41, 5.74) is 0. The summed E-state index contributed by atoms with van der Waals surface area (Å²) in [6, 6.07) is 32.2. The molecule has 0 unspecified atom stereocenters. The third-order valence-electron chi connectivity index (χ3n) is 5.68. The highest BCUT2D eigenvalue weighted by Crippen LogP contribution is 2.40. The highest BCUT2D eigenvalue weighted by Gasteiger charge is 2.52. The van der Waals surface area contributed by atoms with Crippen molar-refractivity contribution in [1.29, 1.82) is 0 Å². The molecule has 4 aromatic rings. The minimum absolute atomic E-state index is 0.824. The van der Waals surface area contributed by atoms with Gasteiger partial charge < -0.3 is 4.74 Å². The first kappa shape index (κ1) is 16.5. The molecule has 2 aliphatic heterocycles. The molecular formula is C24H15ClOSSi. The van der Waals surface area contributed by atoms with Crippen molar-refractivity contribution in [2.45, 2.75) is 9.79 Å². The molecule has 2 heterocycles. The van der Waals surface area contributed by atoms with E-state index in [9.17, 15) is 0 Å². The maximum absolute atomic E-state index is 6.74. The summed E-state index contributed by atoms with van der Waals surface area (Å²) in [5.74, 6) is 1.92. The Morgan fingerprint density at radius 1 is 0.607 bits per heavy atom. The maximum Gasteiger partial charge on any atom is 0.190 e. The summed E-state index contributed by atoms with van der Waals surface area (Å²) in [6.07, 6.45) is 0. The summed E-state index contributed by atoms with van der Waals surface area (Å²) in [7, 11) is -2.51. The Morgan fingerprint density at radius 3 is 1.89 bits per heavy atom. The zero-order chi connectivity index (χ0) is 18.7. The molecule has 28 heavy (non-hydrogen) atoms. The number of hydrogen-bond donors (Lipinski definition) is 0. The highest BCUT2D eigenvalue weighted by molar-refractivity contribution is 8.00. The van der Waals surface area contributed by atoms with Gasteiger partial charge in [-0.05, 0) is 45.0 Å². The normalized spacial score (nSPS) is 15.0. The molecule has 0 amide bonds. The van der Waals surface area contributed by atoms with Crippen molar-refractivity contribution in [3.05, 3.63) is 96.0 Å². The van der Waals surface area contributed by atoms with Crippen LogP contribution in [0.15, 0.2) is 101 Å². The van der Waals surface area contributed by atoms with Gasteiger partial charge in [0.1, 0.15) is 11.5 Å². The Balaban J connectivity index is 1.86. The Morgan fingerprint density at radius 2 is 1.18 bits per heavy atom. The fourth-order valence-corrected chi connectivity index (χ4v) is 12.1. The van der Waals surface area contributed by atoms with Crippen LogP contribution in [0.3, 0.4) is 0 Å². The molecule has 0 saturated heterocycles. The molecule has 0 atom stereocenters. The first-order chi connectivity index (χ1) is 13.8. The van der Waals surface area contributed by atoms with Crippen molar-refractivity contribution in [1.82, 2.24) is 0 Å². The molecule has 1 nitrogen and oxygen atoms in total. The van der Waals surface area contributed by atoms with Crippen molar-refractivity contribution in [2.24, 2.45) is 0 Å². The number of ether oxygens (including phenoxy) is 1. The molecule has 0 aromatic heterocycles. The van der Waals surface area contributed by atoms with Gasteiger partial charge in [0, 0.05) is 9.79 Å². The standard InChI is InChI=1S/C24H15ClOSSi/c25-16-8-7-15-23-24(16)27-19-11-3-6-14-22(19)28(23)20-12-4-1-9-17(20)26-18-10-2-5-13-21(18)28/h1-15H. The molecule has 2 aliphatic rings. The molecule has 0 bridgehead atoms. The van der Waals surface area contributed by atoms with Crippen LogP contribution in [0.5, 0.6) is 11.5 Å². The van der Waals surface area contributed by atoms with Crippen LogP contribution >= 0.6 is 23.4 Å². The van der Waals surface area contributed by atoms with E-state index in [1.807, 2.05) is 6.07 Å². The van der Waals surface area contributed by atoms with Gasteiger partial charge in [0.25, 0.3) is 0 Å². The van der Waals surface area contributed by atoms with Crippen LogP contribution < -0.4 is 25.5 Å². The van der Waals surface area contributed by atoms with Gasteiger partial charge in [-0.15, -0.1) is 0 Å². The fraction of sp³-hybridized carbons (Fsp3) is 0. The van der Waals surface area contributed by atoms with E-state index in [4.69, 9.17) is 16.3 Å². The summed E-state index contributed by atoms with van der Waals surface area (Å²) in [4.78, 5) is 2.47. The quantitative estimate of drug-likeness (QED) is 0.343. The predicted molar refractivity (Wildman–Crippen MR) is 119 cm³/mol. The third-order valence-corrected chi connectivity index (χ3v) is 12.6. The lowest BCUT2D eigenvalue weighted by molar-refractivity contribution is 0.487. The second kappa shape index (κ2) is 6.02. The van der Waals surface area contributed by atoms with E-state index in [1.54, 1.807) is 11.8 Å². The Kier molecular flexibility index (Phi) is 3.54. The van der Waals surface area contributed by atoms with Crippen molar-refractivity contribution >= 4 is 52.2 Å². The summed E-state index contributed by atoms with van der Waals surface area (Å²) in [6.45, 7) is 0. The largest absolute Gasteiger partial charge is 0.458 e. The van der Waals surface area contributed by atoms with Crippen LogP contribution in [-0.4, -0.2) is 8.07 Å². The first-order valence-electron chi connectivity index (χ1n) is 9.23. The average molecular weight is 415 g/mol. The molecular weight excluding hydrogens is 400 g/mol. The van der Waals surface area contributed by atoms with Crippen LogP contribution in [0.1, 0.15) is 0 Å². The van der Waals surface area contributed by atoms with Gasteiger partial charge in [-0.2, -0.15) is 0 Å². The number of fused-ring (bicyclic) bond motifs is 8. The van der Waals surface area contributed by atoms with Crippen LogP contribution in [-0.2, 0) is 0 Å². The Hall–Kier alpha value is -2.46. The van der Waals surface area contributed by atoms with Crippen molar-refractivity contribution in [2.75, 3.05) is 0 Å². The van der Waals surface area contributed by atoms with Gasteiger partial charge in [0.2, 0.25) is 0 Å². The SMILES string of the molecule is Clc1cccc2c1Sc1ccccc1[Si]21c2ccccc2Oc2ccccc21. The van der Waals surface area contributed by atoms with E-state index in [2.05, 4.69) is 84.9 Å². The van der Waals surface area contributed by atoms with Gasteiger partial charge in [-0.3, -0.25) is 0 Å². The molecule has 0 radical (unpaired) electrons. The molecule has 6 rings (SSSR count). The van der Waals surface area contributed by atoms with Crippen LogP contribution in [0.25, 0.3) is 0 Å². The van der Waals surface area contributed by atoms with E-state index in [-0.39, 0.29) is 0 Å². The van der Waals surface area contributed by atoms with Gasteiger partial charge in [0.05, 0.1) is 5.02 Å². The van der Waals surface area contributed by atoms with E-state index >= 15 is 0 Å². The number of benzene rings is 4. The molecule has 4 heteroatoms. The topological polar surface area (TPSA) is 9.23 Å². The fourth-order valence-electron chi connectivity index (χ4n) is 4.60. The monoisotopic (exact) mass is 414 g/mol. The van der Waals surface area contributed by atoms with Gasteiger partial charge >= 0.3 is 0 Å². The second-order valence-electron chi connectivity index (χ2n) is 7.06. The average Bonchev–Trinajstić information content (AvgIpc) is 2.74. The van der Waals surface area contributed by atoms with E-state index in [0.29, 0.717) is 0 Å². The van der Waals surface area contributed by atoms with Gasteiger partial charge in [-0.1, -0.05) is 90.1 Å².